The predicted molar refractivity (Wildman–Crippen MR) is 151 cm³/mol. The second kappa shape index (κ2) is 11.5. The minimum atomic E-state index is -0.378. The molecule has 7 heteroatoms. The normalized spacial score (nSPS) is 11.3. The molecule has 3 aromatic carbocycles. The van der Waals surface area contributed by atoms with E-state index >= 15 is 0 Å². The maximum atomic E-state index is 12.6. The molecule has 0 fully saturated rings. The maximum Gasteiger partial charge on any atom is 0.261 e. The Morgan fingerprint density at radius 1 is 1.06 bits per heavy atom. The van der Waals surface area contributed by atoms with Crippen LogP contribution in [0, 0.1) is 18.5 Å². The number of fused-ring (bicyclic) bond motifs is 1. The number of carbonyl (C=O) groups excluding carboxylic acids is 1. The highest BCUT2D eigenvalue weighted by Crippen LogP contribution is 2.30. The number of nitriles is 1. The van der Waals surface area contributed by atoms with Crippen LogP contribution in [0.1, 0.15) is 16.7 Å². The molecule has 0 radical (unpaired) electrons. The molecule has 4 rings (SSSR count). The molecule has 1 aromatic heterocycles. The van der Waals surface area contributed by atoms with Crippen LogP contribution in [0.5, 0.6) is 5.75 Å². The molecule has 0 aliphatic heterocycles. The predicted octanol–water partition coefficient (Wildman–Crippen LogP) is 6.22. The van der Waals surface area contributed by atoms with Crippen LogP contribution >= 0.6 is 45.2 Å². The van der Waals surface area contributed by atoms with Gasteiger partial charge in [-0.15, -0.1) is 0 Å². The summed E-state index contributed by atoms with van der Waals surface area (Å²) in [4.78, 5) is 15.9. The molecule has 0 atom stereocenters. The Hall–Kier alpha value is -2.84. The number of nitrogens with zero attached hydrogens (tertiary/aromatic N) is 1. The number of carbonyl (C=O) groups is 1. The van der Waals surface area contributed by atoms with E-state index in [0.29, 0.717) is 19.6 Å². The van der Waals surface area contributed by atoms with E-state index in [1.54, 1.807) is 6.08 Å². The van der Waals surface area contributed by atoms with Crippen molar-refractivity contribution in [3.63, 3.8) is 0 Å². The van der Waals surface area contributed by atoms with Crippen molar-refractivity contribution in [2.75, 3.05) is 6.54 Å². The molecule has 0 aliphatic rings. The first-order valence-electron chi connectivity index (χ1n) is 10.7. The zero-order valence-corrected chi connectivity index (χ0v) is 22.5. The van der Waals surface area contributed by atoms with Crippen LogP contribution in [0.25, 0.3) is 17.0 Å². The first-order valence-corrected chi connectivity index (χ1v) is 12.8. The van der Waals surface area contributed by atoms with Gasteiger partial charge in [-0.2, -0.15) is 5.26 Å². The molecule has 0 spiro atoms. The Morgan fingerprint density at radius 2 is 1.76 bits per heavy atom. The summed E-state index contributed by atoms with van der Waals surface area (Å²) in [5.41, 5.74) is 4.15. The molecular formula is C27H21I2N3O2. The van der Waals surface area contributed by atoms with Crippen molar-refractivity contribution in [1.29, 1.82) is 5.26 Å². The maximum absolute atomic E-state index is 12.6. The highest BCUT2D eigenvalue weighted by atomic mass is 127. The second-order valence-corrected chi connectivity index (χ2v) is 9.95. The Kier molecular flexibility index (Phi) is 8.24. The first kappa shape index (κ1) is 24.3. The SMILES string of the molecule is N#C/C(=C/c1cc(I)c(OCc2ccccc2)c(I)c1)C(=O)NCCc1c[nH]c2ccccc12. The lowest BCUT2D eigenvalue weighted by Gasteiger charge is -2.12. The quantitative estimate of drug-likeness (QED) is 0.133. The van der Waals surface area contributed by atoms with Crippen molar-refractivity contribution in [2.45, 2.75) is 13.0 Å². The zero-order valence-electron chi connectivity index (χ0n) is 18.1. The summed E-state index contributed by atoms with van der Waals surface area (Å²) < 4.78 is 7.86. The fourth-order valence-electron chi connectivity index (χ4n) is 3.59. The Labute approximate surface area is 225 Å². The van der Waals surface area contributed by atoms with Gasteiger partial charge in [0.05, 0.1) is 7.14 Å². The number of aromatic nitrogens is 1. The lowest BCUT2D eigenvalue weighted by molar-refractivity contribution is -0.117. The Morgan fingerprint density at radius 3 is 2.50 bits per heavy atom. The van der Waals surface area contributed by atoms with Crippen LogP contribution in [0.4, 0.5) is 0 Å². The van der Waals surface area contributed by atoms with Crippen molar-refractivity contribution < 1.29 is 9.53 Å². The minimum absolute atomic E-state index is 0.0727. The van der Waals surface area contributed by atoms with Crippen LogP contribution in [-0.4, -0.2) is 17.4 Å². The number of hydrogen-bond acceptors (Lipinski definition) is 3. The smallest absolute Gasteiger partial charge is 0.261 e. The van der Waals surface area contributed by atoms with Crippen molar-refractivity contribution in [1.82, 2.24) is 10.3 Å². The lowest BCUT2D eigenvalue weighted by atomic mass is 10.1. The topological polar surface area (TPSA) is 77.9 Å². The summed E-state index contributed by atoms with van der Waals surface area (Å²) in [5.74, 6) is 0.417. The standard InChI is InChI=1S/C27H21I2N3O2/c28-23-13-19(14-24(29)26(23)34-17-18-6-2-1-3-7-18)12-21(15-30)27(33)31-11-10-20-16-32-25-9-5-4-8-22(20)25/h1-9,12-14,16,32H,10-11,17H2,(H,31,33)/b21-12-. The van der Waals surface area contributed by atoms with Gasteiger partial charge in [-0.1, -0.05) is 48.5 Å². The third kappa shape index (κ3) is 5.98. The van der Waals surface area contributed by atoms with E-state index in [-0.39, 0.29) is 11.5 Å². The number of aromatic amines is 1. The van der Waals surface area contributed by atoms with E-state index in [0.717, 1.165) is 40.5 Å². The van der Waals surface area contributed by atoms with Gasteiger partial charge in [-0.25, -0.2) is 0 Å². The number of H-pyrrole nitrogens is 1. The summed E-state index contributed by atoms with van der Waals surface area (Å²) in [5, 5.41) is 13.6. The third-order valence-electron chi connectivity index (χ3n) is 5.28. The molecule has 0 saturated heterocycles. The summed E-state index contributed by atoms with van der Waals surface area (Å²) in [6.45, 7) is 0.922. The lowest BCUT2D eigenvalue weighted by Crippen LogP contribution is -2.26. The molecule has 4 aromatic rings. The summed E-state index contributed by atoms with van der Waals surface area (Å²) >= 11 is 4.44. The summed E-state index contributed by atoms with van der Waals surface area (Å²) in [7, 11) is 0. The molecule has 170 valence electrons. The molecule has 1 heterocycles. The number of halogens is 2. The number of amides is 1. The van der Waals surface area contributed by atoms with E-state index in [1.165, 1.54) is 0 Å². The largest absolute Gasteiger partial charge is 0.487 e. The van der Waals surface area contributed by atoms with Gasteiger partial charge < -0.3 is 15.0 Å². The van der Waals surface area contributed by atoms with E-state index in [9.17, 15) is 10.1 Å². The summed E-state index contributed by atoms with van der Waals surface area (Å²) in [6, 6.07) is 23.9. The number of rotatable bonds is 8. The van der Waals surface area contributed by atoms with Crippen molar-refractivity contribution in [3.05, 3.63) is 102 Å². The van der Waals surface area contributed by atoms with Crippen molar-refractivity contribution >= 4 is 68.1 Å². The van der Waals surface area contributed by atoms with Crippen LogP contribution < -0.4 is 10.1 Å². The van der Waals surface area contributed by atoms with Gasteiger partial charge in [0.2, 0.25) is 0 Å². The van der Waals surface area contributed by atoms with Crippen molar-refractivity contribution in [2.24, 2.45) is 0 Å². The van der Waals surface area contributed by atoms with Gasteiger partial charge in [0, 0.05) is 23.6 Å². The van der Waals surface area contributed by atoms with E-state index in [1.807, 2.05) is 72.9 Å². The number of benzene rings is 3. The molecule has 1 amide bonds. The van der Waals surface area contributed by atoms with Crippen LogP contribution in [0.15, 0.2) is 78.5 Å². The Balaban J connectivity index is 1.40. The molecular weight excluding hydrogens is 652 g/mol. The third-order valence-corrected chi connectivity index (χ3v) is 6.88. The van der Waals surface area contributed by atoms with E-state index in [4.69, 9.17) is 4.74 Å². The summed E-state index contributed by atoms with van der Waals surface area (Å²) in [6.07, 6.45) is 4.26. The Bertz CT molecular complexity index is 1370. The fourth-order valence-corrected chi connectivity index (χ4v) is 5.72. The number of hydrogen-bond donors (Lipinski definition) is 2. The highest BCUT2D eigenvalue weighted by Gasteiger charge is 2.13. The monoisotopic (exact) mass is 673 g/mol. The second-order valence-electron chi connectivity index (χ2n) is 7.62. The van der Waals surface area contributed by atoms with Gasteiger partial charge >= 0.3 is 0 Å². The van der Waals surface area contributed by atoms with Crippen LogP contribution in [0.2, 0.25) is 0 Å². The van der Waals surface area contributed by atoms with Gasteiger partial charge in [0.25, 0.3) is 5.91 Å². The first-order chi connectivity index (χ1) is 16.5. The zero-order chi connectivity index (χ0) is 23.9. The molecule has 5 nitrogen and oxygen atoms in total. The highest BCUT2D eigenvalue weighted by molar-refractivity contribution is 14.1. The number of para-hydroxylation sites is 1. The molecule has 0 unspecified atom stereocenters. The molecule has 2 N–H and O–H groups in total. The molecule has 0 bridgehead atoms. The molecule has 0 aliphatic carbocycles. The van der Waals surface area contributed by atoms with Gasteiger partial charge in [-0.05, 0) is 92.6 Å². The average Bonchev–Trinajstić information content (AvgIpc) is 3.25. The fraction of sp³-hybridized carbons (Fsp3) is 0.111. The number of nitrogens with one attached hydrogen (secondary N) is 2. The van der Waals surface area contributed by atoms with E-state index in [2.05, 4.69) is 61.5 Å². The van der Waals surface area contributed by atoms with Crippen molar-refractivity contribution in [3.8, 4) is 11.8 Å². The van der Waals surface area contributed by atoms with Gasteiger partial charge in [-0.3, -0.25) is 4.79 Å². The average molecular weight is 673 g/mol. The van der Waals surface area contributed by atoms with Crippen LogP contribution in [0.3, 0.4) is 0 Å². The van der Waals surface area contributed by atoms with Gasteiger partial charge in [0.1, 0.15) is 24.0 Å². The molecule has 0 saturated carbocycles. The minimum Gasteiger partial charge on any atom is -0.487 e. The van der Waals surface area contributed by atoms with Crippen LogP contribution in [-0.2, 0) is 17.8 Å². The number of ether oxygens (including phenoxy) is 1. The van der Waals surface area contributed by atoms with Gasteiger partial charge in [0.15, 0.2) is 0 Å². The van der Waals surface area contributed by atoms with E-state index < -0.39 is 0 Å². The molecule has 34 heavy (non-hydrogen) atoms.